The third kappa shape index (κ3) is 2.53. The highest BCUT2D eigenvalue weighted by atomic mass is 16.5. The van der Waals surface area contributed by atoms with E-state index < -0.39 is 0 Å². The SMILES string of the molecule is COc1cc(OC)c(C2CCCCN2)c(OC)c1. The third-order valence-electron chi connectivity index (χ3n) is 3.41. The predicted octanol–water partition coefficient (Wildman–Crippen LogP) is 2.53. The fraction of sp³-hybridized carbons (Fsp3) is 0.571. The van der Waals surface area contributed by atoms with Crippen molar-refractivity contribution in [3.63, 3.8) is 0 Å². The Kier molecular flexibility index (Phi) is 4.31. The highest BCUT2D eigenvalue weighted by Gasteiger charge is 2.23. The second-order valence-electron chi connectivity index (χ2n) is 4.45. The van der Waals surface area contributed by atoms with Crippen LogP contribution in [-0.4, -0.2) is 27.9 Å². The van der Waals surface area contributed by atoms with Crippen molar-refractivity contribution in [2.24, 2.45) is 0 Å². The molecule has 0 aliphatic carbocycles. The van der Waals surface area contributed by atoms with E-state index in [4.69, 9.17) is 14.2 Å². The summed E-state index contributed by atoms with van der Waals surface area (Å²) in [5, 5.41) is 3.52. The number of piperidine rings is 1. The summed E-state index contributed by atoms with van der Waals surface area (Å²) in [6.45, 7) is 1.04. The van der Waals surface area contributed by atoms with Crippen LogP contribution in [0.1, 0.15) is 30.9 Å². The van der Waals surface area contributed by atoms with Crippen molar-refractivity contribution in [3.05, 3.63) is 17.7 Å². The minimum Gasteiger partial charge on any atom is -0.496 e. The fourth-order valence-electron chi connectivity index (χ4n) is 2.47. The molecular formula is C14H21NO3. The molecule has 1 aromatic carbocycles. The van der Waals surface area contributed by atoms with Crippen LogP contribution in [0.3, 0.4) is 0 Å². The minimum atomic E-state index is 0.301. The maximum atomic E-state index is 5.48. The number of benzene rings is 1. The van der Waals surface area contributed by atoms with Gasteiger partial charge in [0.15, 0.2) is 0 Å². The van der Waals surface area contributed by atoms with Crippen LogP contribution in [0, 0.1) is 0 Å². The molecule has 0 aromatic heterocycles. The van der Waals surface area contributed by atoms with Crippen LogP contribution in [0.15, 0.2) is 12.1 Å². The molecule has 1 N–H and O–H groups in total. The van der Waals surface area contributed by atoms with Gasteiger partial charge in [-0.15, -0.1) is 0 Å². The second kappa shape index (κ2) is 5.96. The summed E-state index contributed by atoms with van der Waals surface area (Å²) in [7, 11) is 5.01. The van der Waals surface area contributed by atoms with Gasteiger partial charge in [-0.1, -0.05) is 6.42 Å². The average molecular weight is 251 g/mol. The predicted molar refractivity (Wildman–Crippen MR) is 70.7 cm³/mol. The Balaban J connectivity index is 2.41. The number of rotatable bonds is 4. The number of methoxy groups -OCH3 is 3. The average Bonchev–Trinajstić information content (AvgIpc) is 2.46. The lowest BCUT2D eigenvalue weighted by molar-refractivity contribution is 0.340. The quantitative estimate of drug-likeness (QED) is 0.892. The van der Waals surface area contributed by atoms with Crippen molar-refractivity contribution in [1.82, 2.24) is 5.32 Å². The number of ether oxygens (including phenoxy) is 3. The third-order valence-corrected chi connectivity index (χ3v) is 3.41. The van der Waals surface area contributed by atoms with Gasteiger partial charge in [-0.2, -0.15) is 0 Å². The summed E-state index contributed by atoms with van der Waals surface area (Å²) < 4.78 is 16.2. The van der Waals surface area contributed by atoms with Gasteiger partial charge in [0.25, 0.3) is 0 Å². The lowest BCUT2D eigenvalue weighted by Crippen LogP contribution is -2.27. The van der Waals surface area contributed by atoms with Crippen LogP contribution >= 0.6 is 0 Å². The lowest BCUT2D eigenvalue weighted by atomic mass is 9.95. The summed E-state index contributed by atoms with van der Waals surface area (Å²) in [4.78, 5) is 0. The van der Waals surface area contributed by atoms with E-state index in [1.165, 1.54) is 12.8 Å². The Morgan fingerprint density at radius 2 is 1.67 bits per heavy atom. The van der Waals surface area contributed by atoms with E-state index in [2.05, 4.69) is 5.32 Å². The Morgan fingerprint density at radius 3 is 2.11 bits per heavy atom. The van der Waals surface area contributed by atoms with Crippen molar-refractivity contribution in [2.75, 3.05) is 27.9 Å². The molecule has 4 nitrogen and oxygen atoms in total. The lowest BCUT2D eigenvalue weighted by Gasteiger charge is -2.27. The standard InChI is InChI=1S/C14H21NO3/c1-16-10-8-12(17-2)14(13(9-10)18-3)11-6-4-5-7-15-11/h8-9,11,15H,4-7H2,1-3H3. The molecule has 4 heteroatoms. The van der Waals surface area contributed by atoms with Crippen LogP contribution in [0.5, 0.6) is 17.2 Å². The molecule has 1 aromatic rings. The van der Waals surface area contributed by atoms with Crippen molar-refractivity contribution >= 4 is 0 Å². The molecule has 0 spiro atoms. The summed E-state index contributed by atoms with van der Waals surface area (Å²) in [6, 6.07) is 4.12. The largest absolute Gasteiger partial charge is 0.496 e. The van der Waals surface area contributed by atoms with E-state index in [0.29, 0.717) is 6.04 Å². The van der Waals surface area contributed by atoms with E-state index in [0.717, 1.165) is 35.8 Å². The first kappa shape index (κ1) is 13.0. The number of nitrogens with one attached hydrogen (secondary N) is 1. The smallest absolute Gasteiger partial charge is 0.131 e. The van der Waals surface area contributed by atoms with Crippen molar-refractivity contribution in [2.45, 2.75) is 25.3 Å². The van der Waals surface area contributed by atoms with Crippen molar-refractivity contribution < 1.29 is 14.2 Å². The second-order valence-corrected chi connectivity index (χ2v) is 4.45. The summed E-state index contributed by atoms with van der Waals surface area (Å²) >= 11 is 0. The van der Waals surface area contributed by atoms with Gasteiger partial charge >= 0.3 is 0 Å². The van der Waals surface area contributed by atoms with Crippen LogP contribution < -0.4 is 19.5 Å². The van der Waals surface area contributed by atoms with Gasteiger partial charge in [-0.25, -0.2) is 0 Å². The molecule has 18 heavy (non-hydrogen) atoms. The molecule has 2 rings (SSSR count). The van der Waals surface area contributed by atoms with Gasteiger partial charge < -0.3 is 19.5 Å². The zero-order valence-corrected chi connectivity index (χ0v) is 11.3. The molecule has 1 unspecified atom stereocenters. The van der Waals surface area contributed by atoms with Crippen molar-refractivity contribution in [3.8, 4) is 17.2 Å². The number of hydrogen-bond donors (Lipinski definition) is 1. The first-order chi connectivity index (χ1) is 8.80. The van der Waals surface area contributed by atoms with Gasteiger partial charge in [0.05, 0.1) is 26.9 Å². The van der Waals surface area contributed by atoms with Crippen LogP contribution in [-0.2, 0) is 0 Å². The van der Waals surface area contributed by atoms with Gasteiger partial charge in [-0.3, -0.25) is 0 Å². The monoisotopic (exact) mass is 251 g/mol. The summed E-state index contributed by atoms with van der Waals surface area (Å²) in [5.41, 5.74) is 1.10. The first-order valence-electron chi connectivity index (χ1n) is 6.33. The molecule has 0 radical (unpaired) electrons. The normalized spacial score (nSPS) is 19.4. The number of hydrogen-bond acceptors (Lipinski definition) is 4. The summed E-state index contributed by atoms with van der Waals surface area (Å²) in [6.07, 6.45) is 3.58. The molecule has 1 aliphatic rings. The fourth-order valence-corrected chi connectivity index (χ4v) is 2.47. The molecule has 0 amide bonds. The van der Waals surface area contributed by atoms with E-state index in [1.54, 1.807) is 21.3 Å². The Hall–Kier alpha value is -1.42. The van der Waals surface area contributed by atoms with Gasteiger partial charge in [0.1, 0.15) is 17.2 Å². The molecule has 0 bridgehead atoms. The Labute approximate surface area is 108 Å². The zero-order valence-electron chi connectivity index (χ0n) is 11.3. The highest BCUT2D eigenvalue weighted by Crippen LogP contribution is 2.40. The Bertz CT molecular complexity index is 375. The van der Waals surface area contributed by atoms with Gasteiger partial charge in [0, 0.05) is 18.2 Å². The van der Waals surface area contributed by atoms with E-state index in [9.17, 15) is 0 Å². The van der Waals surface area contributed by atoms with Crippen LogP contribution in [0.25, 0.3) is 0 Å². The molecule has 1 atom stereocenters. The van der Waals surface area contributed by atoms with E-state index in [-0.39, 0.29) is 0 Å². The molecule has 0 saturated carbocycles. The molecule has 1 saturated heterocycles. The van der Waals surface area contributed by atoms with Crippen LogP contribution in [0.4, 0.5) is 0 Å². The molecule has 100 valence electrons. The maximum absolute atomic E-state index is 5.48. The van der Waals surface area contributed by atoms with Crippen molar-refractivity contribution in [1.29, 1.82) is 0 Å². The van der Waals surface area contributed by atoms with Gasteiger partial charge in [-0.05, 0) is 19.4 Å². The van der Waals surface area contributed by atoms with Gasteiger partial charge in [0.2, 0.25) is 0 Å². The van der Waals surface area contributed by atoms with Crippen LogP contribution in [0.2, 0.25) is 0 Å². The highest BCUT2D eigenvalue weighted by molar-refractivity contribution is 5.52. The molecule has 1 heterocycles. The molecule has 1 fully saturated rings. The minimum absolute atomic E-state index is 0.301. The molecule has 1 aliphatic heterocycles. The van der Waals surface area contributed by atoms with E-state index >= 15 is 0 Å². The Morgan fingerprint density at radius 1 is 1.00 bits per heavy atom. The topological polar surface area (TPSA) is 39.7 Å². The maximum Gasteiger partial charge on any atom is 0.131 e. The first-order valence-corrected chi connectivity index (χ1v) is 6.33. The zero-order chi connectivity index (χ0) is 13.0. The van der Waals surface area contributed by atoms with E-state index in [1.807, 2.05) is 12.1 Å². The summed E-state index contributed by atoms with van der Waals surface area (Å²) in [5.74, 6) is 2.40. The molecular weight excluding hydrogens is 230 g/mol.